The summed E-state index contributed by atoms with van der Waals surface area (Å²) in [6, 6.07) is 6.08. The molecule has 1 heterocycles. The SMILES string of the molecule is CN(C)CCOc1ccc([C@@H]2NC(=O)NC2=O)cc1. The van der Waals surface area contributed by atoms with Gasteiger partial charge < -0.3 is 15.0 Å². The first-order chi connectivity index (χ1) is 9.06. The summed E-state index contributed by atoms with van der Waals surface area (Å²) in [6.45, 7) is 1.44. The van der Waals surface area contributed by atoms with Gasteiger partial charge in [-0.15, -0.1) is 0 Å². The lowest BCUT2D eigenvalue weighted by molar-refractivity contribution is -0.120. The monoisotopic (exact) mass is 263 g/mol. The van der Waals surface area contributed by atoms with Crippen molar-refractivity contribution in [1.82, 2.24) is 15.5 Å². The van der Waals surface area contributed by atoms with Crippen molar-refractivity contribution in [3.63, 3.8) is 0 Å². The number of ether oxygens (including phenoxy) is 1. The smallest absolute Gasteiger partial charge is 0.322 e. The highest BCUT2D eigenvalue weighted by Gasteiger charge is 2.30. The largest absolute Gasteiger partial charge is 0.492 e. The number of nitrogens with one attached hydrogen (secondary N) is 2. The molecule has 1 fully saturated rings. The molecule has 3 amide bonds. The van der Waals surface area contributed by atoms with Crippen LogP contribution in [-0.2, 0) is 4.79 Å². The normalized spacial score (nSPS) is 18.4. The fourth-order valence-corrected chi connectivity index (χ4v) is 1.75. The first-order valence-electron chi connectivity index (χ1n) is 6.05. The van der Waals surface area contributed by atoms with Crippen molar-refractivity contribution in [3.8, 4) is 5.75 Å². The Morgan fingerprint density at radius 2 is 1.89 bits per heavy atom. The third-order valence-electron chi connectivity index (χ3n) is 2.80. The third kappa shape index (κ3) is 3.45. The molecule has 1 aliphatic heterocycles. The number of carbonyl (C=O) groups is 2. The van der Waals surface area contributed by atoms with Crippen LogP contribution in [0.15, 0.2) is 24.3 Å². The fourth-order valence-electron chi connectivity index (χ4n) is 1.75. The van der Waals surface area contributed by atoms with Gasteiger partial charge in [0.1, 0.15) is 18.4 Å². The van der Waals surface area contributed by atoms with E-state index in [-0.39, 0.29) is 5.91 Å². The molecule has 19 heavy (non-hydrogen) atoms. The minimum absolute atomic E-state index is 0.328. The summed E-state index contributed by atoms with van der Waals surface area (Å²) in [5, 5.41) is 4.75. The van der Waals surface area contributed by atoms with Gasteiger partial charge in [-0.25, -0.2) is 4.79 Å². The average molecular weight is 263 g/mol. The number of amides is 3. The lowest BCUT2D eigenvalue weighted by atomic mass is 10.1. The molecule has 1 aromatic carbocycles. The van der Waals surface area contributed by atoms with E-state index >= 15 is 0 Å². The van der Waals surface area contributed by atoms with E-state index in [0.717, 1.165) is 17.9 Å². The van der Waals surface area contributed by atoms with Gasteiger partial charge in [0.2, 0.25) is 0 Å². The number of hydrogen-bond acceptors (Lipinski definition) is 4. The summed E-state index contributed by atoms with van der Waals surface area (Å²) >= 11 is 0. The Hall–Kier alpha value is -2.08. The van der Waals surface area contributed by atoms with Gasteiger partial charge in [-0.1, -0.05) is 12.1 Å². The number of benzene rings is 1. The molecule has 102 valence electrons. The van der Waals surface area contributed by atoms with Gasteiger partial charge >= 0.3 is 6.03 Å². The molecule has 0 radical (unpaired) electrons. The van der Waals surface area contributed by atoms with E-state index in [2.05, 4.69) is 10.6 Å². The van der Waals surface area contributed by atoms with E-state index in [0.29, 0.717) is 6.61 Å². The molecule has 1 aliphatic rings. The fraction of sp³-hybridized carbons (Fsp3) is 0.385. The quantitative estimate of drug-likeness (QED) is 0.759. The molecule has 2 rings (SSSR count). The van der Waals surface area contributed by atoms with Gasteiger partial charge in [-0.2, -0.15) is 0 Å². The maximum absolute atomic E-state index is 11.5. The summed E-state index contributed by atoms with van der Waals surface area (Å²) in [6.07, 6.45) is 0. The first-order valence-corrected chi connectivity index (χ1v) is 6.05. The molecule has 0 aliphatic carbocycles. The van der Waals surface area contributed by atoms with Gasteiger partial charge in [0.15, 0.2) is 0 Å². The van der Waals surface area contributed by atoms with E-state index < -0.39 is 12.1 Å². The highest BCUT2D eigenvalue weighted by Crippen LogP contribution is 2.20. The molecule has 6 nitrogen and oxygen atoms in total. The molecule has 0 bridgehead atoms. The topological polar surface area (TPSA) is 70.7 Å². The summed E-state index contributed by atoms with van der Waals surface area (Å²) in [5.41, 5.74) is 0.739. The number of hydrogen-bond donors (Lipinski definition) is 2. The van der Waals surface area contributed by atoms with Crippen LogP contribution in [0.5, 0.6) is 5.75 Å². The Morgan fingerprint density at radius 3 is 2.42 bits per heavy atom. The molecular weight excluding hydrogens is 246 g/mol. The van der Waals surface area contributed by atoms with E-state index in [4.69, 9.17) is 4.74 Å². The lowest BCUT2D eigenvalue weighted by Gasteiger charge is -2.12. The van der Waals surface area contributed by atoms with Crippen LogP contribution in [0.1, 0.15) is 11.6 Å². The summed E-state index contributed by atoms with van der Waals surface area (Å²) in [4.78, 5) is 24.6. The van der Waals surface area contributed by atoms with Crippen molar-refractivity contribution in [2.75, 3.05) is 27.2 Å². The van der Waals surface area contributed by atoms with Gasteiger partial charge in [0, 0.05) is 6.54 Å². The second-order valence-corrected chi connectivity index (χ2v) is 4.62. The Balaban J connectivity index is 1.95. The van der Waals surface area contributed by atoms with Crippen LogP contribution in [0.4, 0.5) is 4.79 Å². The van der Waals surface area contributed by atoms with Crippen LogP contribution in [-0.4, -0.2) is 44.1 Å². The molecule has 2 N–H and O–H groups in total. The molecule has 0 unspecified atom stereocenters. The molecule has 1 aromatic rings. The molecule has 1 atom stereocenters. The van der Waals surface area contributed by atoms with Gasteiger partial charge in [0.25, 0.3) is 5.91 Å². The Morgan fingerprint density at radius 1 is 1.21 bits per heavy atom. The maximum Gasteiger partial charge on any atom is 0.322 e. The van der Waals surface area contributed by atoms with Crippen molar-refractivity contribution in [2.24, 2.45) is 0 Å². The van der Waals surface area contributed by atoms with Crippen LogP contribution in [0.25, 0.3) is 0 Å². The van der Waals surface area contributed by atoms with Crippen LogP contribution >= 0.6 is 0 Å². The van der Waals surface area contributed by atoms with E-state index in [1.54, 1.807) is 24.3 Å². The first kappa shape index (κ1) is 13.4. The van der Waals surface area contributed by atoms with Crippen molar-refractivity contribution in [3.05, 3.63) is 29.8 Å². The van der Waals surface area contributed by atoms with Crippen LogP contribution in [0.2, 0.25) is 0 Å². The van der Waals surface area contributed by atoms with Crippen molar-refractivity contribution >= 4 is 11.9 Å². The van der Waals surface area contributed by atoms with Crippen molar-refractivity contribution in [2.45, 2.75) is 6.04 Å². The number of nitrogens with zero attached hydrogens (tertiary/aromatic N) is 1. The van der Waals surface area contributed by atoms with Gasteiger partial charge in [-0.05, 0) is 31.8 Å². The van der Waals surface area contributed by atoms with Gasteiger partial charge in [0.05, 0.1) is 0 Å². The highest BCUT2D eigenvalue weighted by atomic mass is 16.5. The van der Waals surface area contributed by atoms with Crippen LogP contribution in [0, 0.1) is 0 Å². The van der Waals surface area contributed by atoms with Gasteiger partial charge in [-0.3, -0.25) is 10.1 Å². The zero-order chi connectivity index (χ0) is 13.8. The van der Waals surface area contributed by atoms with Crippen LogP contribution < -0.4 is 15.4 Å². The number of carbonyl (C=O) groups excluding carboxylic acids is 2. The summed E-state index contributed by atoms with van der Waals surface area (Å²) < 4.78 is 5.55. The molecule has 0 aromatic heterocycles. The molecular formula is C13H17N3O3. The third-order valence-corrected chi connectivity index (χ3v) is 2.80. The average Bonchev–Trinajstić information content (AvgIpc) is 2.69. The van der Waals surface area contributed by atoms with E-state index in [1.165, 1.54) is 0 Å². The summed E-state index contributed by atoms with van der Waals surface area (Å²) in [5.74, 6) is 0.418. The molecule has 0 saturated carbocycles. The number of likely N-dealkylation sites (N-methyl/N-ethyl adjacent to an activating group) is 1. The Labute approximate surface area is 111 Å². The van der Waals surface area contributed by atoms with E-state index in [1.807, 2.05) is 19.0 Å². The van der Waals surface area contributed by atoms with Crippen molar-refractivity contribution < 1.29 is 14.3 Å². The summed E-state index contributed by atoms with van der Waals surface area (Å²) in [7, 11) is 3.96. The van der Waals surface area contributed by atoms with Crippen LogP contribution in [0.3, 0.4) is 0 Å². The zero-order valence-electron chi connectivity index (χ0n) is 11.0. The highest BCUT2D eigenvalue weighted by molar-refractivity contribution is 6.04. The second kappa shape index (κ2) is 5.71. The van der Waals surface area contributed by atoms with E-state index in [9.17, 15) is 9.59 Å². The number of urea groups is 1. The lowest BCUT2D eigenvalue weighted by Crippen LogP contribution is -2.22. The molecule has 6 heteroatoms. The van der Waals surface area contributed by atoms with Crippen molar-refractivity contribution in [1.29, 1.82) is 0 Å². The Kier molecular flexibility index (Phi) is 4.01. The zero-order valence-corrected chi connectivity index (χ0v) is 11.0. The standard InChI is InChI=1S/C13H17N3O3/c1-16(2)7-8-19-10-5-3-9(4-6-10)11-12(17)15-13(18)14-11/h3-6,11H,7-8H2,1-2H3,(H2,14,15,17,18)/t11-/m0/s1. The number of imide groups is 1. The predicted molar refractivity (Wildman–Crippen MR) is 69.9 cm³/mol. The molecule has 0 spiro atoms. The number of rotatable bonds is 5. The minimum atomic E-state index is -0.608. The maximum atomic E-state index is 11.5. The second-order valence-electron chi connectivity index (χ2n) is 4.62. The molecule has 1 saturated heterocycles. The Bertz CT molecular complexity index is 471. The predicted octanol–water partition coefficient (Wildman–Crippen LogP) is 0.507. The minimum Gasteiger partial charge on any atom is -0.492 e.